The fourth-order valence-electron chi connectivity index (χ4n) is 3.00. The molecule has 1 aromatic carbocycles. The number of rotatable bonds is 8. The Balaban J connectivity index is 1.79. The lowest BCUT2D eigenvalue weighted by Gasteiger charge is -2.34. The number of carbonyl (C=O) groups excluding carboxylic acids is 2. The predicted octanol–water partition coefficient (Wildman–Crippen LogP) is 1.77. The number of benzene rings is 1. The Hall–Kier alpha value is -1.93. The largest absolute Gasteiger partial charge is 0.356 e. The molecule has 1 fully saturated rings. The zero-order chi connectivity index (χ0) is 20.7. The summed E-state index contributed by atoms with van der Waals surface area (Å²) in [5.41, 5.74) is 1.00. The van der Waals surface area contributed by atoms with E-state index in [2.05, 4.69) is 19.2 Å². The minimum atomic E-state index is -3.54. The van der Waals surface area contributed by atoms with Gasteiger partial charge in [-0.2, -0.15) is 4.31 Å². The Morgan fingerprint density at radius 3 is 2.21 bits per heavy atom. The van der Waals surface area contributed by atoms with Gasteiger partial charge in [-0.25, -0.2) is 8.42 Å². The first-order chi connectivity index (χ1) is 13.2. The summed E-state index contributed by atoms with van der Waals surface area (Å²) >= 11 is 0. The van der Waals surface area contributed by atoms with Gasteiger partial charge < -0.3 is 10.2 Å². The van der Waals surface area contributed by atoms with Crippen LogP contribution in [0.4, 0.5) is 0 Å². The predicted molar refractivity (Wildman–Crippen MR) is 108 cm³/mol. The van der Waals surface area contributed by atoms with Crippen molar-refractivity contribution in [3.8, 4) is 0 Å². The van der Waals surface area contributed by atoms with E-state index in [-0.39, 0.29) is 42.6 Å². The van der Waals surface area contributed by atoms with Crippen molar-refractivity contribution in [2.45, 2.75) is 44.9 Å². The summed E-state index contributed by atoms with van der Waals surface area (Å²) < 4.78 is 26.8. The van der Waals surface area contributed by atoms with Crippen LogP contribution in [0.25, 0.3) is 0 Å². The summed E-state index contributed by atoms with van der Waals surface area (Å²) in [5.74, 6) is 0.301. The minimum Gasteiger partial charge on any atom is -0.356 e. The Labute approximate surface area is 168 Å². The zero-order valence-electron chi connectivity index (χ0n) is 17.0. The Bertz CT molecular complexity index is 767. The van der Waals surface area contributed by atoms with Crippen molar-refractivity contribution in [3.05, 3.63) is 29.8 Å². The van der Waals surface area contributed by atoms with Gasteiger partial charge in [0.2, 0.25) is 21.8 Å². The van der Waals surface area contributed by atoms with Crippen molar-refractivity contribution < 1.29 is 18.0 Å². The van der Waals surface area contributed by atoms with Crippen LogP contribution in [0.15, 0.2) is 29.2 Å². The molecule has 0 unspecified atom stereocenters. The highest BCUT2D eigenvalue weighted by Gasteiger charge is 2.30. The van der Waals surface area contributed by atoms with Crippen LogP contribution < -0.4 is 5.32 Å². The molecule has 1 aliphatic rings. The van der Waals surface area contributed by atoms with E-state index in [0.717, 1.165) is 12.0 Å². The Kier molecular flexibility index (Phi) is 8.00. The van der Waals surface area contributed by atoms with Crippen molar-refractivity contribution in [3.63, 3.8) is 0 Å². The van der Waals surface area contributed by atoms with Gasteiger partial charge in [-0.15, -0.1) is 0 Å². The number of aryl methyl sites for hydroxylation is 1. The molecule has 0 aliphatic carbocycles. The van der Waals surface area contributed by atoms with Crippen molar-refractivity contribution in [2.24, 2.45) is 5.92 Å². The highest BCUT2D eigenvalue weighted by atomic mass is 32.2. The molecule has 8 heteroatoms. The molecule has 0 saturated carbocycles. The van der Waals surface area contributed by atoms with Crippen LogP contribution in [-0.4, -0.2) is 62.2 Å². The second kappa shape index (κ2) is 10.0. The molecule has 7 nitrogen and oxygen atoms in total. The van der Waals surface area contributed by atoms with E-state index in [1.807, 2.05) is 6.92 Å². The van der Waals surface area contributed by atoms with E-state index in [4.69, 9.17) is 0 Å². The van der Waals surface area contributed by atoms with Crippen LogP contribution in [0, 0.1) is 12.8 Å². The quantitative estimate of drug-likeness (QED) is 0.709. The maximum Gasteiger partial charge on any atom is 0.243 e. The van der Waals surface area contributed by atoms with Gasteiger partial charge in [-0.1, -0.05) is 31.5 Å². The van der Waals surface area contributed by atoms with E-state index >= 15 is 0 Å². The van der Waals surface area contributed by atoms with Crippen LogP contribution >= 0.6 is 0 Å². The molecule has 2 rings (SSSR count). The molecule has 1 N–H and O–H groups in total. The Morgan fingerprint density at radius 2 is 1.64 bits per heavy atom. The van der Waals surface area contributed by atoms with Gasteiger partial charge in [0.25, 0.3) is 0 Å². The molecule has 1 aliphatic heterocycles. The molecule has 0 aromatic heterocycles. The summed E-state index contributed by atoms with van der Waals surface area (Å²) in [6.07, 6.45) is 1.23. The molecule has 1 heterocycles. The number of nitrogens with zero attached hydrogens (tertiary/aromatic N) is 2. The second-order valence-corrected chi connectivity index (χ2v) is 9.57. The lowest BCUT2D eigenvalue weighted by Crippen LogP contribution is -2.50. The first-order valence-corrected chi connectivity index (χ1v) is 11.3. The molecular weight excluding hydrogens is 378 g/mol. The van der Waals surface area contributed by atoms with Crippen molar-refractivity contribution in [2.75, 3.05) is 32.7 Å². The molecular formula is C20H31N3O4S. The van der Waals surface area contributed by atoms with E-state index < -0.39 is 10.0 Å². The molecule has 0 atom stereocenters. The molecule has 1 saturated heterocycles. The van der Waals surface area contributed by atoms with Gasteiger partial charge in [0.05, 0.1) is 4.90 Å². The smallest absolute Gasteiger partial charge is 0.243 e. The van der Waals surface area contributed by atoms with E-state index in [0.29, 0.717) is 25.6 Å². The number of sulfonamides is 1. The van der Waals surface area contributed by atoms with E-state index in [1.165, 1.54) is 4.31 Å². The molecule has 1 aromatic rings. The van der Waals surface area contributed by atoms with Gasteiger partial charge in [-0.3, -0.25) is 9.59 Å². The number of hydrogen-bond donors (Lipinski definition) is 1. The maximum absolute atomic E-state index is 12.7. The third-order valence-corrected chi connectivity index (χ3v) is 6.77. The molecule has 0 spiro atoms. The first-order valence-electron chi connectivity index (χ1n) is 9.81. The van der Waals surface area contributed by atoms with Crippen molar-refractivity contribution in [1.29, 1.82) is 0 Å². The number of amides is 2. The minimum absolute atomic E-state index is 0.105. The number of carbonyl (C=O) groups is 2. The summed E-state index contributed by atoms with van der Waals surface area (Å²) in [5, 5.41) is 2.82. The topological polar surface area (TPSA) is 86.8 Å². The lowest BCUT2D eigenvalue weighted by atomic mass is 10.1. The average Bonchev–Trinajstić information content (AvgIpc) is 2.66. The summed E-state index contributed by atoms with van der Waals surface area (Å²) in [4.78, 5) is 26.0. The van der Waals surface area contributed by atoms with Crippen molar-refractivity contribution >= 4 is 21.8 Å². The highest BCUT2D eigenvalue weighted by molar-refractivity contribution is 7.89. The van der Waals surface area contributed by atoms with Crippen LogP contribution in [0.1, 0.15) is 38.7 Å². The normalized spacial score (nSPS) is 15.6. The molecule has 2 amide bonds. The van der Waals surface area contributed by atoms with Crippen LogP contribution in [0.3, 0.4) is 0 Å². The molecule has 28 heavy (non-hydrogen) atoms. The van der Waals surface area contributed by atoms with Crippen LogP contribution in [0.2, 0.25) is 0 Å². The Morgan fingerprint density at radius 1 is 1.04 bits per heavy atom. The van der Waals surface area contributed by atoms with Crippen molar-refractivity contribution in [1.82, 2.24) is 14.5 Å². The fourth-order valence-corrected chi connectivity index (χ4v) is 4.43. The standard InChI is InChI=1S/C20H31N3O4S/c1-16(2)10-11-21-19(24)8-9-20(25)22-12-14-23(15-13-22)28(26,27)18-6-4-17(3)5-7-18/h4-7,16H,8-15H2,1-3H3,(H,21,24). The van der Waals surface area contributed by atoms with Gasteiger partial charge in [-0.05, 0) is 31.4 Å². The number of nitrogens with one attached hydrogen (secondary N) is 1. The van der Waals surface area contributed by atoms with E-state index in [9.17, 15) is 18.0 Å². The highest BCUT2D eigenvalue weighted by Crippen LogP contribution is 2.18. The first kappa shape index (κ1) is 22.4. The fraction of sp³-hybridized carbons (Fsp3) is 0.600. The van der Waals surface area contributed by atoms with E-state index in [1.54, 1.807) is 29.2 Å². The summed E-state index contributed by atoms with van der Waals surface area (Å²) in [7, 11) is -3.54. The molecule has 0 radical (unpaired) electrons. The third kappa shape index (κ3) is 6.31. The maximum atomic E-state index is 12.7. The van der Waals surface area contributed by atoms with Gasteiger partial charge in [0.1, 0.15) is 0 Å². The SMILES string of the molecule is Cc1ccc(S(=O)(=O)N2CCN(C(=O)CCC(=O)NCCC(C)C)CC2)cc1. The molecule has 156 valence electrons. The summed E-state index contributed by atoms with van der Waals surface area (Å²) in [6, 6.07) is 6.78. The van der Waals surface area contributed by atoms with Gasteiger partial charge in [0, 0.05) is 45.6 Å². The summed E-state index contributed by atoms with van der Waals surface area (Å²) in [6.45, 7) is 7.94. The average molecular weight is 410 g/mol. The molecule has 0 bridgehead atoms. The number of piperazine rings is 1. The zero-order valence-corrected chi connectivity index (χ0v) is 17.8. The van der Waals surface area contributed by atoms with Gasteiger partial charge >= 0.3 is 0 Å². The number of hydrogen-bond acceptors (Lipinski definition) is 4. The monoisotopic (exact) mass is 409 g/mol. The second-order valence-electron chi connectivity index (χ2n) is 7.63. The third-order valence-electron chi connectivity index (χ3n) is 4.86. The van der Waals surface area contributed by atoms with Crippen LogP contribution in [-0.2, 0) is 19.6 Å². The van der Waals surface area contributed by atoms with Crippen LogP contribution in [0.5, 0.6) is 0 Å². The lowest BCUT2D eigenvalue weighted by molar-refractivity contribution is -0.134. The van der Waals surface area contributed by atoms with Gasteiger partial charge in [0.15, 0.2) is 0 Å².